The maximum absolute atomic E-state index is 12.7. The lowest BCUT2D eigenvalue weighted by Crippen LogP contribution is -2.10. The Bertz CT molecular complexity index is 1350. The van der Waals surface area contributed by atoms with E-state index >= 15 is 0 Å². The first kappa shape index (κ1) is 19.4. The zero-order chi connectivity index (χ0) is 20.8. The number of pyridine rings is 1. The van der Waals surface area contributed by atoms with E-state index < -0.39 is 16.1 Å². The molecular formula is C20H18N2O5S2. The van der Waals surface area contributed by atoms with Gasteiger partial charge in [0.2, 0.25) is 0 Å². The Kier molecular flexibility index (Phi) is 4.79. The number of benzene rings is 1. The lowest BCUT2D eigenvalue weighted by molar-refractivity contribution is 0.0531. The van der Waals surface area contributed by atoms with Gasteiger partial charge in [-0.05, 0) is 39.0 Å². The van der Waals surface area contributed by atoms with Gasteiger partial charge >= 0.3 is 16.1 Å². The molecule has 0 atom stereocenters. The molecule has 4 rings (SSSR count). The molecule has 0 aliphatic carbocycles. The van der Waals surface area contributed by atoms with Crippen LogP contribution in [0.4, 0.5) is 0 Å². The Hall–Kier alpha value is -2.91. The molecule has 150 valence electrons. The van der Waals surface area contributed by atoms with Crippen molar-refractivity contribution in [2.45, 2.75) is 25.0 Å². The van der Waals surface area contributed by atoms with Crippen LogP contribution in [-0.2, 0) is 14.9 Å². The Labute approximate surface area is 171 Å². The van der Waals surface area contributed by atoms with Crippen molar-refractivity contribution >= 4 is 43.8 Å². The number of carbonyl (C=O) groups is 1. The lowest BCUT2D eigenvalue weighted by Gasteiger charge is -2.07. The topological polar surface area (TPSA) is 87.0 Å². The smallest absolute Gasteiger partial charge is 0.350 e. The minimum absolute atomic E-state index is 0.0830. The van der Waals surface area contributed by atoms with Crippen LogP contribution in [0.15, 0.2) is 46.8 Å². The van der Waals surface area contributed by atoms with Gasteiger partial charge < -0.3 is 13.3 Å². The molecule has 4 aromatic rings. The van der Waals surface area contributed by atoms with Crippen molar-refractivity contribution in [1.82, 2.24) is 9.38 Å². The molecule has 0 spiro atoms. The molecule has 0 amide bonds. The van der Waals surface area contributed by atoms with E-state index in [1.54, 1.807) is 37.4 Å². The maximum atomic E-state index is 12.7. The van der Waals surface area contributed by atoms with Gasteiger partial charge in [-0.25, -0.2) is 9.78 Å². The van der Waals surface area contributed by atoms with Gasteiger partial charge in [0.1, 0.15) is 0 Å². The van der Waals surface area contributed by atoms with Gasteiger partial charge in [-0.2, -0.15) is 8.42 Å². The quantitative estimate of drug-likeness (QED) is 0.350. The molecule has 0 saturated carbocycles. The first-order valence-electron chi connectivity index (χ1n) is 8.90. The molecule has 9 heteroatoms. The number of hydrogen-bond acceptors (Lipinski definition) is 7. The molecule has 3 heterocycles. The highest BCUT2D eigenvalue weighted by Crippen LogP contribution is 2.31. The van der Waals surface area contributed by atoms with Gasteiger partial charge in [0.05, 0.1) is 40.1 Å². The van der Waals surface area contributed by atoms with Gasteiger partial charge in [-0.15, -0.1) is 11.3 Å². The first-order chi connectivity index (χ1) is 13.8. The minimum atomic E-state index is -4.01. The summed E-state index contributed by atoms with van der Waals surface area (Å²) in [5.74, 6) is -0.289. The molecule has 3 aromatic heterocycles. The average Bonchev–Trinajstić information content (AvgIpc) is 3.18. The van der Waals surface area contributed by atoms with Crippen LogP contribution in [-0.4, -0.2) is 30.4 Å². The van der Waals surface area contributed by atoms with Crippen LogP contribution >= 0.6 is 11.3 Å². The van der Waals surface area contributed by atoms with Crippen LogP contribution < -0.4 is 4.18 Å². The van der Waals surface area contributed by atoms with Crippen molar-refractivity contribution in [1.29, 1.82) is 0 Å². The van der Waals surface area contributed by atoms with Crippen molar-refractivity contribution in [2.75, 3.05) is 6.61 Å². The summed E-state index contributed by atoms with van der Waals surface area (Å²) >= 11 is 1.07. The fourth-order valence-electron chi connectivity index (χ4n) is 3.29. The SMILES string of the molecule is CCOC(=O)c1c2ccccc2n2cc(OS(=O)(=O)c3sc(C)nc3C)ccc12. The zero-order valence-corrected chi connectivity index (χ0v) is 17.6. The molecule has 0 fully saturated rings. The maximum Gasteiger partial charge on any atom is 0.350 e. The Morgan fingerprint density at radius 3 is 2.59 bits per heavy atom. The number of nitrogens with zero attached hydrogens (tertiary/aromatic N) is 2. The van der Waals surface area contributed by atoms with E-state index in [1.165, 1.54) is 6.07 Å². The number of para-hydroxylation sites is 1. The van der Waals surface area contributed by atoms with Crippen LogP contribution in [0, 0.1) is 13.8 Å². The predicted molar refractivity (Wildman–Crippen MR) is 110 cm³/mol. The van der Waals surface area contributed by atoms with Gasteiger partial charge in [0.25, 0.3) is 0 Å². The Balaban J connectivity index is 1.84. The summed E-state index contributed by atoms with van der Waals surface area (Å²) in [4.78, 5) is 16.7. The summed E-state index contributed by atoms with van der Waals surface area (Å²) in [5, 5.41) is 1.37. The Morgan fingerprint density at radius 2 is 1.90 bits per heavy atom. The fourth-order valence-corrected chi connectivity index (χ4v) is 5.64. The number of fused-ring (bicyclic) bond motifs is 3. The number of aryl methyl sites for hydroxylation is 2. The number of hydrogen-bond donors (Lipinski definition) is 0. The standard InChI is InChI=1S/C20H18N2O5S2/c1-4-26-19(23)18-15-7-5-6-8-16(15)22-11-14(9-10-17(18)22)27-29(24,25)20-12(2)21-13(3)28-20/h5-11H,4H2,1-3H3. The molecule has 1 aromatic carbocycles. The average molecular weight is 431 g/mol. The van der Waals surface area contributed by atoms with Gasteiger partial charge in [0.15, 0.2) is 9.96 Å². The van der Waals surface area contributed by atoms with Crippen molar-refractivity contribution in [2.24, 2.45) is 0 Å². The molecule has 29 heavy (non-hydrogen) atoms. The van der Waals surface area contributed by atoms with Crippen LogP contribution in [0.5, 0.6) is 5.75 Å². The lowest BCUT2D eigenvalue weighted by atomic mass is 10.1. The summed E-state index contributed by atoms with van der Waals surface area (Å²) < 4.78 is 37.8. The molecule has 0 aliphatic heterocycles. The van der Waals surface area contributed by atoms with Crippen LogP contribution in [0.1, 0.15) is 28.0 Å². The van der Waals surface area contributed by atoms with Crippen LogP contribution in [0.3, 0.4) is 0 Å². The third-order valence-electron chi connectivity index (χ3n) is 4.38. The molecule has 0 radical (unpaired) electrons. The highest BCUT2D eigenvalue weighted by molar-refractivity contribution is 7.89. The highest BCUT2D eigenvalue weighted by atomic mass is 32.3. The molecule has 0 saturated heterocycles. The number of carbonyl (C=O) groups excluding carboxylic acids is 1. The van der Waals surface area contributed by atoms with Crippen LogP contribution in [0.25, 0.3) is 16.4 Å². The molecule has 0 bridgehead atoms. The zero-order valence-electron chi connectivity index (χ0n) is 16.0. The van der Waals surface area contributed by atoms with E-state index in [0.717, 1.165) is 22.2 Å². The molecule has 0 aliphatic rings. The van der Waals surface area contributed by atoms with Gasteiger partial charge in [-0.1, -0.05) is 18.2 Å². The number of ether oxygens (including phenoxy) is 1. The summed E-state index contributed by atoms with van der Waals surface area (Å²) in [6.45, 7) is 5.38. The monoisotopic (exact) mass is 430 g/mol. The molecule has 7 nitrogen and oxygen atoms in total. The Morgan fingerprint density at radius 1 is 1.14 bits per heavy atom. The summed E-state index contributed by atoms with van der Waals surface area (Å²) in [6, 6.07) is 10.5. The summed E-state index contributed by atoms with van der Waals surface area (Å²) in [7, 11) is -4.01. The van der Waals surface area contributed by atoms with Crippen molar-refractivity contribution in [3.8, 4) is 5.75 Å². The molecular weight excluding hydrogens is 412 g/mol. The molecule has 0 N–H and O–H groups in total. The van der Waals surface area contributed by atoms with E-state index in [4.69, 9.17) is 8.92 Å². The summed E-state index contributed by atoms with van der Waals surface area (Å²) in [6.07, 6.45) is 1.56. The van der Waals surface area contributed by atoms with E-state index in [2.05, 4.69) is 4.98 Å². The molecule has 0 unspecified atom stereocenters. The minimum Gasteiger partial charge on any atom is -0.462 e. The number of thiazole rings is 1. The third kappa shape index (κ3) is 3.36. The van der Waals surface area contributed by atoms with Crippen molar-refractivity contribution in [3.05, 3.63) is 58.9 Å². The predicted octanol–water partition coefficient (Wildman–Crippen LogP) is 4.11. The number of rotatable bonds is 5. The van der Waals surface area contributed by atoms with E-state index in [0.29, 0.717) is 21.8 Å². The van der Waals surface area contributed by atoms with E-state index in [1.807, 2.05) is 24.3 Å². The second-order valence-corrected chi connectivity index (χ2v) is 9.32. The number of aromatic nitrogens is 2. The second-order valence-electron chi connectivity index (χ2n) is 6.38. The largest absolute Gasteiger partial charge is 0.462 e. The fraction of sp³-hybridized carbons (Fsp3) is 0.200. The van der Waals surface area contributed by atoms with Crippen molar-refractivity contribution < 1.29 is 22.1 Å². The number of esters is 1. The van der Waals surface area contributed by atoms with Gasteiger partial charge in [0, 0.05) is 5.39 Å². The van der Waals surface area contributed by atoms with Crippen LogP contribution in [0.2, 0.25) is 0 Å². The first-order valence-corrected chi connectivity index (χ1v) is 11.1. The highest BCUT2D eigenvalue weighted by Gasteiger charge is 2.24. The van der Waals surface area contributed by atoms with Gasteiger partial charge in [-0.3, -0.25) is 0 Å². The summed E-state index contributed by atoms with van der Waals surface area (Å²) in [5.41, 5.74) is 2.20. The normalized spacial score (nSPS) is 11.8. The second kappa shape index (κ2) is 7.16. The van der Waals surface area contributed by atoms with Crippen molar-refractivity contribution in [3.63, 3.8) is 0 Å². The van der Waals surface area contributed by atoms with E-state index in [9.17, 15) is 13.2 Å². The van der Waals surface area contributed by atoms with E-state index in [-0.39, 0.29) is 16.6 Å². The third-order valence-corrected chi connectivity index (χ3v) is 7.28.